The summed E-state index contributed by atoms with van der Waals surface area (Å²) in [6, 6.07) is 8.02. The van der Waals surface area contributed by atoms with Crippen LogP contribution in [0.15, 0.2) is 49.1 Å². The van der Waals surface area contributed by atoms with Crippen LogP contribution in [0, 0.1) is 13.8 Å². The van der Waals surface area contributed by atoms with Gasteiger partial charge in [-0.15, -0.1) is 0 Å². The summed E-state index contributed by atoms with van der Waals surface area (Å²) in [6.45, 7) is 6.63. The van der Waals surface area contributed by atoms with Crippen LogP contribution in [0.4, 0.5) is 0 Å². The largest absolute Gasteiger partial charge is 0.466 e. The molecule has 3 aromatic rings. The monoisotopic (exact) mass is 462 g/mol. The molecule has 0 bridgehead atoms. The van der Waals surface area contributed by atoms with Gasteiger partial charge in [0.05, 0.1) is 37.2 Å². The van der Waals surface area contributed by atoms with Crippen molar-refractivity contribution in [3.05, 3.63) is 77.1 Å². The van der Waals surface area contributed by atoms with Crippen LogP contribution in [-0.4, -0.2) is 52.1 Å². The third-order valence-corrected chi connectivity index (χ3v) is 5.19. The van der Waals surface area contributed by atoms with Crippen LogP contribution >= 0.6 is 0 Å². The minimum absolute atomic E-state index is 0.0307. The van der Waals surface area contributed by atoms with E-state index in [1.165, 1.54) is 7.11 Å². The Balaban J connectivity index is 1.92. The number of hydrogen-bond donors (Lipinski definition) is 0. The minimum Gasteiger partial charge on any atom is -0.466 e. The summed E-state index contributed by atoms with van der Waals surface area (Å²) in [7, 11) is 1.50. The predicted octanol–water partition coefficient (Wildman–Crippen LogP) is 3.44. The van der Waals surface area contributed by atoms with Gasteiger partial charge in [0.2, 0.25) is 5.91 Å². The SMILES string of the molecule is CCOC(=O)Cc1cncc(-c2ccc(C)cc2CN(Cc2cnc(C)cn2)C(=O)COC)c1. The number of rotatable bonds is 10. The van der Waals surface area contributed by atoms with Crippen molar-refractivity contribution in [2.75, 3.05) is 20.3 Å². The van der Waals surface area contributed by atoms with Gasteiger partial charge < -0.3 is 14.4 Å². The van der Waals surface area contributed by atoms with Gasteiger partial charge in [-0.25, -0.2) is 0 Å². The number of benzene rings is 1. The summed E-state index contributed by atoms with van der Waals surface area (Å²) in [5, 5.41) is 0. The molecule has 1 amide bonds. The number of methoxy groups -OCH3 is 1. The van der Waals surface area contributed by atoms with E-state index in [0.29, 0.717) is 25.4 Å². The third-order valence-electron chi connectivity index (χ3n) is 5.19. The van der Waals surface area contributed by atoms with Crippen molar-refractivity contribution in [3.8, 4) is 11.1 Å². The van der Waals surface area contributed by atoms with Crippen molar-refractivity contribution < 1.29 is 19.1 Å². The van der Waals surface area contributed by atoms with E-state index in [0.717, 1.165) is 33.5 Å². The van der Waals surface area contributed by atoms with Gasteiger partial charge in [-0.3, -0.25) is 24.5 Å². The van der Waals surface area contributed by atoms with E-state index in [1.807, 2.05) is 32.0 Å². The zero-order valence-electron chi connectivity index (χ0n) is 20.1. The van der Waals surface area contributed by atoms with E-state index >= 15 is 0 Å². The Bertz CT molecular complexity index is 1130. The van der Waals surface area contributed by atoms with Crippen molar-refractivity contribution in [1.82, 2.24) is 19.9 Å². The van der Waals surface area contributed by atoms with Crippen LogP contribution in [0.1, 0.15) is 35.0 Å². The maximum atomic E-state index is 12.9. The molecule has 0 aliphatic heterocycles. The van der Waals surface area contributed by atoms with Crippen LogP contribution in [0.2, 0.25) is 0 Å². The Morgan fingerprint density at radius 3 is 2.53 bits per heavy atom. The molecule has 0 fully saturated rings. The number of pyridine rings is 1. The number of aromatic nitrogens is 3. The van der Waals surface area contributed by atoms with Gasteiger partial charge in [0, 0.05) is 37.8 Å². The molecule has 0 saturated carbocycles. The number of nitrogens with zero attached hydrogens (tertiary/aromatic N) is 4. The van der Waals surface area contributed by atoms with E-state index in [2.05, 4.69) is 21.0 Å². The Hall–Kier alpha value is -3.65. The molecule has 3 rings (SSSR count). The lowest BCUT2D eigenvalue weighted by atomic mass is 9.97. The molecule has 8 heteroatoms. The van der Waals surface area contributed by atoms with Crippen LogP contribution in [0.25, 0.3) is 11.1 Å². The van der Waals surface area contributed by atoms with Crippen LogP contribution in [-0.2, 0) is 38.6 Å². The molecular formula is C26H30N4O4. The van der Waals surface area contributed by atoms with E-state index in [4.69, 9.17) is 9.47 Å². The Morgan fingerprint density at radius 1 is 1.00 bits per heavy atom. The lowest BCUT2D eigenvalue weighted by Crippen LogP contribution is -2.33. The first kappa shape index (κ1) is 25.0. The topological polar surface area (TPSA) is 94.5 Å². The number of carbonyl (C=O) groups is 2. The number of ether oxygens (including phenoxy) is 2. The van der Waals surface area contributed by atoms with Crippen LogP contribution in [0.5, 0.6) is 0 Å². The number of amides is 1. The third kappa shape index (κ3) is 6.92. The number of aryl methyl sites for hydroxylation is 2. The molecule has 2 heterocycles. The van der Waals surface area contributed by atoms with Gasteiger partial charge in [0.1, 0.15) is 6.61 Å². The van der Waals surface area contributed by atoms with E-state index in [1.54, 1.807) is 36.6 Å². The zero-order valence-corrected chi connectivity index (χ0v) is 20.1. The molecule has 0 radical (unpaired) electrons. The van der Waals surface area contributed by atoms with E-state index < -0.39 is 0 Å². The zero-order chi connectivity index (χ0) is 24.5. The summed E-state index contributed by atoms with van der Waals surface area (Å²) in [5.74, 6) is -0.437. The fourth-order valence-corrected chi connectivity index (χ4v) is 3.59. The highest BCUT2D eigenvalue weighted by molar-refractivity contribution is 5.78. The van der Waals surface area contributed by atoms with Gasteiger partial charge in [0.15, 0.2) is 0 Å². The molecular weight excluding hydrogens is 432 g/mol. The maximum Gasteiger partial charge on any atom is 0.310 e. The number of esters is 1. The molecule has 0 aliphatic carbocycles. The Labute approximate surface area is 200 Å². The first-order valence-corrected chi connectivity index (χ1v) is 11.1. The Kier molecular flexibility index (Phi) is 8.81. The van der Waals surface area contributed by atoms with E-state index in [-0.39, 0.29) is 24.9 Å². The highest BCUT2D eigenvalue weighted by Crippen LogP contribution is 2.27. The van der Waals surface area contributed by atoms with Gasteiger partial charge in [-0.2, -0.15) is 0 Å². The second-order valence-corrected chi connectivity index (χ2v) is 8.06. The quantitative estimate of drug-likeness (QED) is 0.426. The van der Waals surface area contributed by atoms with E-state index in [9.17, 15) is 9.59 Å². The summed E-state index contributed by atoms with van der Waals surface area (Å²) < 4.78 is 10.2. The average molecular weight is 463 g/mol. The number of hydrogen-bond acceptors (Lipinski definition) is 7. The van der Waals surface area contributed by atoms with Crippen molar-refractivity contribution in [1.29, 1.82) is 0 Å². The maximum absolute atomic E-state index is 12.9. The fourth-order valence-electron chi connectivity index (χ4n) is 3.59. The minimum atomic E-state index is -0.291. The first-order valence-electron chi connectivity index (χ1n) is 11.1. The van der Waals surface area contributed by atoms with Crippen LogP contribution < -0.4 is 0 Å². The summed E-state index contributed by atoms with van der Waals surface area (Å²) in [6.07, 6.45) is 6.95. The molecule has 8 nitrogen and oxygen atoms in total. The summed E-state index contributed by atoms with van der Waals surface area (Å²) in [4.78, 5) is 39.5. The molecule has 34 heavy (non-hydrogen) atoms. The highest BCUT2D eigenvalue weighted by Gasteiger charge is 2.18. The predicted molar refractivity (Wildman–Crippen MR) is 128 cm³/mol. The molecule has 0 N–H and O–H groups in total. The van der Waals surface area contributed by atoms with Crippen molar-refractivity contribution >= 4 is 11.9 Å². The van der Waals surface area contributed by atoms with Crippen LogP contribution in [0.3, 0.4) is 0 Å². The second-order valence-electron chi connectivity index (χ2n) is 8.06. The summed E-state index contributed by atoms with van der Waals surface area (Å²) >= 11 is 0. The smallest absolute Gasteiger partial charge is 0.310 e. The molecule has 178 valence electrons. The van der Waals surface area contributed by atoms with Crippen molar-refractivity contribution in [2.45, 2.75) is 40.3 Å². The normalized spacial score (nSPS) is 10.7. The lowest BCUT2D eigenvalue weighted by Gasteiger charge is -2.24. The molecule has 1 aromatic carbocycles. The summed E-state index contributed by atoms with van der Waals surface area (Å²) in [5.41, 5.74) is 6.12. The van der Waals surface area contributed by atoms with Gasteiger partial charge >= 0.3 is 5.97 Å². The fraction of sp³-hybridized carbons (Fsp3) is 0.346. The molecule has 0 saturated heterocycles. The molecule has 0 unspecified atom stereocenters. The lowest BCUT2D eigenvalue weighted by molar-refractivity contribution is -0.142. The molecule has 0 spiro atoms. The van der Waals surface area contributed by atoms with Gasteiger partial charge in [0.25, 0.3) is 0 Å². The Morgan fingerprint density at radius 2 is 1.82 bits per heavy atom. The van der Waals surface area contributed by atoms with Crippen molar-refractivity contribution in [2.24, 2.45) is 0 Å². The average Bonchev–Trinajstić information content (AvgIpc) is 2.80. The van der Waals surface area contributed by atoms with Gasteiger partial charge in [-0.05, 0) is 43.5 Å². The molecule has 2 aromatic heterocycles. The van der Waals surface area contributed by atoms with Gasteiger partial charge in [-0.1, -0.05) is 23.8 Å². The second kappa shape index (κ2) is 12.0. The number of carbonyl (C=O) groups excluding carboxylic acids is 2. The highest BCUT2D eigenvalue weighted by atomic mass is 16.5. The first-order chi connectivity index (χ1) is 16.4. The van der Waals surface area contributed by atoms with Crippen molar-refractivity contribution in [3.63, 3.8) is 0 Å². The standard InChI is InChI=1S/C26H30N4O4/c1-5-34-26(32)10-20-9-21(13-27-12-20)24-7-6-18(2)8-22(24)15-30(25(31)17-33-4)16-23-14-28-19(3)11-29-23/h6-9,11-14H,5,10,15-17H2,1-4H3. The molecule has 0 aliphatic rings. The molecule has 0 atom stereocenters.